The smallest absolute Gasteiger partial charge is 0.0771 e. The highest BCUT2D eigenvalue weighted by atomic mass is 35.5. The number of halogens is 3. The van der Waals surface area contributed by atoms with E-state index >= 15 is 0 Å². The van der Waals surface area contributed by atoms with Crippen LogP contribution >= 0.6 is 34.8 Å². The zero-order chi connectivity index (χ0) is 11.5. The van der Waals surface area contributed by atoms with Crippen molar-refractivity contribution in [1.82, 2.24) is 0 Å². The zero-order valence-corrected chi connectivity index (χ0v) is 10.8. The van der Waals surface area contributed by atoms with Crippen molar-refractivity contribution in [2.24, 2.45) is 0 Å². The summed E-state index contributed by atoms with van der Waals surface area (Å²) >= 11 is 18.0. The maximum Gasteiger partial charge on any atom is 0.0771 e. The molecule has 2 atom stereocenters. The number of anilines is 1. The van der Waals surface area contributed by atoms with Crippen LogP contribution in [0.5, 0.6) is 0 Å². The number of hydrogen-bond donors (Lipinski definition) is 1. The lowest BCUT2D eigenvalue weighted by Gasteiger charge is -2.28. The summed E-state index contributed by atoms with van der Waals surface area (Å²) in [5.74, 6) is 0. The van der Waals surface area contributed by atoms with Gasteiger partial charge < -0.3 is 10.1 Å². The third-order valence-corrected chi connectivity index (χ3v) is 3.37. The highest BCUT2D eigenvalue weighted by molar-refractivity contribution is 6.35. The van der Waals surface area contributed by atoms with E-state index in [0.29, 0.717) is 16.7 Å². The molecule has 0 bridgehead atoms. The first-order valence-corrected chi connectivity index (χ1v) is 6.29. The van der Waals surface area contributed by atoms with E-state index in [4.69, 9.17) is 39.5 Å². The fourth-order valence-corrected chi connectivity index (χ4v) is 2.52. The first-order chi connectivity index (χ1) is 7.65. The van der Waals surface area contributed by atoms with Crippen LogP contribution in [0, 0.1) is 0 Å². The molecule has 1 heterocycles. The number of hydrogen-bond acceptors (Lipinski definition) is 2. The van der Waals surface area contributed by atoms with E-state index in [1.807, 2.05) is 12.1 Å². The van der Waals surface area contributed by atoms with Crippen LogP contribution in [0.25, 0.3) is 0 Å². The molecule has 0 saturated carbocycles. The van der Waals surface area contributed by atoms with Crippen molar-refractivity contribution in [3.8, 4) is 0 Å². The molecule has 88 valence electrons. The molecule has 1 N–H and O–H groups in total. The quantitative estimate of drug-likeness (QED) is 0.832. The molecule has 2 nitrogen and oxygen atoms in total. The molecule has 1 aliphatic heterocycles. The summed E-state index contributed by atoms with van der Waals surface area (Å²) in [5, 5.41) is 4.55. The molecule has 1 aliphatic rings. The standard InChI is InChI=1S/C11H12Cl3NO/c12-7-3-8(13)5-9(4-7)15-11-1-2-16-6-10(11)14/h3-5,10-11,15H,1-2,6H2. The monoisotopic (exact) mass is 279 g/mol. The van der Waals surface area contributed by atoms with Crippen LogP contribution in [0.15, 0.2) is 18.2 Å². The molecule has 1 aromatic carbocycles. The van der Waals surface area contributed by atoms with Gasteiger partial charge in [-0.2, -0.15) is 0 Å². The second-order valence-electron chi connectivity index (χ2n) is 3.79. The Kier molecular flexibility index (Phi) is 4.20. The fraction of sp³-hybridized carbons (Fsp3) is 0.455. The molecule has 2 rings (SSSR count). The lowest BCUT2D eigenvalue weighted by atomic mass is 10.1. The molecule has 1 aromatic rings. The largest absolute Gasteiger partial charge is 0.381 e. The van der Waals surface area contributed by atoms with Crippen molar-refractivity contribution in [3.63, 3.8) is 0 Å². The number of alkyl halides is 1. The topological polar surface area (TPSA) is 21.3 Å². The third-order valence-electron chi connectivity index (χ3n) is 2.50. The van der Waals surface area contributed by atoms with Crippen LogP contribution in [0.1, 0.15) is 6.42 Å². The van der Waals surface area contributed by atoms with Crippen LogP contribution in [-0.4, -0.2) is 24.6 Å². The Morgan fingerprint density at radius 1 is 1.19 bits per heavy atom. The highest BCUT2D eigenvalue weighted by Gasteiger charge is 2.23. The first kappa shape index (κ1) is 12.3. The Labute approximate surface area is 110 Å². The second-order valence-corrected chi connectivity index (χ2v) is 5.22. The average Bonchev–Trinajstić information content (AvgIpc) is 2.20. The second kappa shape index (κ2) is 5.46. The van der Waals surface area contributed by atoms with Crippen LogP contribution < -0.4 is 5.32 Å². The normalized spacial score (nSPS) is 25.4. The van der Waals surface area contributed by atoms with Gasteiger partial charge in [-0.1, -0.05) is 23.2 Å². The minimum Gasteiger partial charge on any atom is -0.381 e. The Morgan fingerprint density at radius 3 is 2.50 bits per heavy atom. The van der Waals surface area contributed by atoms with Gasteiger partial charge in [-0.05, 0) is 24.6 Å². The van der Waals surface area contributed by atoms with Gasteiger partial charge in [0.1, 0.15) is 0 Å². The van der Waals surface area contributed by atoms with Gasteiger partial charge in [0.15, 0.2) is 0 Å². The van der Waals surface area contributed by atoms with E-state index in [9.17, 15) is 0 Å². The van der Waals surface area contributed by atoms with Gasteiger partial charge in [0.25, 0.3) is 0 Å². The molecule has 0 aliphatic carbocycles. The summed E-state index contributed by atoms with van der Waals surface area (Å²) in [5.41, 5.74) is 0.898. The lowest BCUT2D eigenvalue weighted by Crippen LogP contribution is -2.38. The third kappa shape index (κ3) is 3.17. The van der Waals surface area contributed by atoms with Gasteiger partial charge in [-0.3, -0.25) is 0 Å². The van der Waals surface area contributed by atoms with Gasteiger partial charge >= 0.3 is 0 Å². The molecule has 5 heteroatoms. The SMILES string of the molecule is Clc1cc(Cl)cc(NC2CCOCC2Cl)c1. The van der Waals surface area contributed by atoms with E-state index in [1.165, 1.54) is 0 Å². The van der Waals surface area contributed by atoms with Crippen molar-refractivity contribution in [3.05, 3.63) is 28.2 Å². The molecular formula is C11H12Cl3NO. The Hall–Kier alpha value is -0.150. The summed E-state index contributed by atoms with van der Waals surface area (Å²) in [6, 6.07) is 5.58. The molecular weight excluding hydrogens is 268 g/mol. The molecule has 2 unspecified atom stereocenters. The number of benzene rings is 1. The van der Waals surface area contributed by atoms with Crippen molar-refractivity contribution in [1.29, 1.82) is 0 Å². The molecule has 1 fully saturated rings. The summed E-state index contributed by atoms with van der Waals surface area (Å²) in [7, 11) is 0. The minimum absolute atomic E-state index is 0.0218. The number of rotatable bonds is 2. The van der Waals surface area contributed by atoms with Gasteiger partial charge in [-0.15, -0.1) is 11.6 Å². The molecule has 0 spiro atoms. The van der Waals surface area contributed by atoms with Gasteiger partial charge in [0.05, 0.1) is 12.0 Å². The van der Waals surface area contributed by atoms with Crippen LogP contribution in [-0.2, 0) is 4.74 Å². The summed E-state index contributed by atoms with van der Waals surface area (Å²) < 4.78 is 5.27. The first-order valence-electron chi connectivity index (χ1n) is 5.09. The van der Waals surface area contributed by atoms with Crippen molar-refractivity contribution >= 4 is 40.5 Å². The van der Waals surface area contributed by atoms with Crippen molar-refractivity contribution < 1.29 is 4.74 Å². The molecule has 0 amide bonds. The maximum atomic E-state index is 6.16. The van der Waals surface area contributed by atoms with Gasteiger partial charge in [0, 0.05) is 28.4 Å². The number of nitrogens with one attached hydrogen (secondary N) is 1. The lowest BCUT2D eigenvalue weighted by molar-refractivity contribution is 0.0935. The van der Waals surface area contributed by atoms with E-state index in [2.05, 4.69) is 5.32 Å². The molecule has 1 saturated heterocycles. The minimum atomic E-state index is -0.0218. The predicted octanol–water partition coefficient (Wildman–Crippen LogP) is 3.80. The summed E-state index contributed by atoms with van der Waals surface area (Å²) in [6.45, 7) is 1.31. The van der Waals surface area contributed by atoms with Crippen LogP contribution in [0.2, 0.25) is 10.0 Å². The van der Waals surface area contributed by atoms with Gasteiger partial charge in [0.2, 0.25) is 0 Å². The van der Waals surface area contributed by atoms with Crippen LogP contribution in [0.3, 0.4) is 0 Å². The average molecular weight is 281 g/mol. The maximum absolute atomic E-state index is 6.16. The van der Waals surface area contributed by atoms with E-state index < -0.39 is 0 Å². The summed E-state index contributed by atoms with van der Waals surface area (Å²) in [6.07, 6.45) is 0.887. The number of ether oxygens (including phenoxy) is 1. The Bertz CT molecular complexity index is 352. The predicted molar refractivity (Wildman–Crippen MR) is 68.9 cm³/mol. The molecule has 16 heavy (non-hydrogen) atoms. The zero-order valence-electron chi connectivity index (χ0n) is 8.55. The molecule has 0 aromatic heterocycles. The fourth-order valence-electron chi connectivity index (χ4n) is 1.72. The van der Waals surface area contributed by atoms with Crippen molar-refractivity contribution in [2.45, 2.75) is 17.8 Å². The van der Waals surface area contributed by atoms with Crippen molar-refractivity contribution in [2.75, 3.05) is 18.5 Å². The van der Waals surface area contributed by atoms with Gasteiger partial charge in [-0.25, -0.2) is 0 Å². The summed E-state index contributed by atoms with van der Waals surface area (Å²) in [4.78, 5) is 0. The van der Waals surface area contributed by atoms with E-state index in [1.54, 1.807) is 6.07 Å². The van der Waals surface area contributed by atoms with Crippen LogP contribution in [0.4, 0.5) is 5.69 Å². The Morgan fingerprint density at radius 2 is 1.88 bits per heavy atom. The Balaban J connectivity index is 2.07. The van der Waals surface area contributed by atoms with E-state index in [-0.39, 0.29) is 11.4 Å². The highest BCUT2D eigenvalue weighted by Crippen LogP contribution is 2.25. The van der Waals surface area contributed by atoms with E-state index in [0.717, 1.165) is 18.7 Å². The molecule has 0 radical (unpaired) electrons.